The molecule has 0 rings (SSSR count). The smallest absolute Gasteiger partial charge is 0.0853 e. The lowest BCUT2D eigenvalue weighted by atomic mass is 10.3. The molecule has 2 heteroatoms. The zero-order valence-corrected chi connectivity index (χ0v) is 10.8. The van der Waals surface area contributed by atoms with E-state index in [-0.39, 0.29) is 0 Å². The first-order valence-corrected chi connectivity index (χ1v) is 5.61. The molecule has 0 aromatic carbocycles. The van der Waals surface area contributed by atoms with Crippen LogP contribution in [0.15, 0.2) is 82.9 Å². The Morgan fingerprint density at radius 2 is 1.59 bits per heavy atom. The molecule has 0 unspecified atom stereocenters. The molecule has 0 aliphatic rings. The second kappa shape index (κ2) is 10.6. The first-order chi connectivity index (χ1) is 8.28. The van der Waals surface area contributed by atoms with E-state index in [2.05, 4.69) is 16.8 Å². The summed E-state index contributed by atoms with van der Waals surface area (Å²) in [5, 5.41) is 8.32. The molecule has 0 fully saturated rings. The molecule has 2 nitrogen and oxygen atoms in total. The van der Waals surface area contributed by atoms with Crippen molar-refractivity contribution in [3.8, 4) is 0 Å². The van der Waals surface area contributed by atoms with Crippen LogP contribution in [-0.4, -0.2) is 0 Å². The van der Waals surface area contributed by atoms with Crippen LogP contribution in [0.3, 0.4) is 0 Å². The SMILES string of the molecule is C=C/C=C\C(=C/C)\N=N/C(/C=C\C)=C/C=C/C. The highest BCUT2D eigenvalue weighted by Crippen LogP contribution is 2.06. The van der Waals surface area contributed by atoms with E-state index >= 15 is 0 Å². The lowest BCUT2D eigenvalue weighted by molar-refractivity contribution is 1.12. The average Bonchev–Trinajstić information content (AvgIpc) is 2.35. The third-order valence-corrected chi connectivity index (χ3v) is 1.78. The van der Waals surface area contributed by atoms with Crippen LogP contribution in [0.5, 0.6) is 0 Å². The van der Waals surface area contributed by atoms with Crippen molar-refractivity contribution in [1.29, 1.82) is 0 Å². The molecule has 0 radical (unpaired) electrons. The molecule has 0 aliphatic heterocycles. The topological polar surface area (TPSA) is 24.7 Å². The summed E-state index contributed by atoms with van der Waals surface area (Å²) >= 11 is 0. The van der Waals surface area contributed by atoms with Crippen LogP contribution in [0.25, 0.3) is 0 Å². The van der Waals surface area contributed by atoms with Crippen LogP contribution in [0.2, 0.25) is 0 Å². The Balaban J connectivity index is 4.85. The zero-order chi connectivity index (χ0) is 12.9. The second-order valence-electron chi connectivity index (χ2n) is 3.13. The van der Waals surface area contributed by atoms with Crippen LogP contribution in [-0.2, 0) is 0 Å². The Morgan fingerprint density at radius 3 is 2.12 bits per heavy atom. The van der Waals surface area contributed by atoms with Gasteiger partial charge in [0.2, 0.25) is 0 Å². The molecule has 0 saturated heterocycles. The van der Waals surface area contributed by atoms with E-state index in [0.29, 0.717) is 0 Å². The predicted molar refractivity (Wildman–Crippen MR) is 75.7 cm³/mol. The van der Waals surface area contributed by atoms with Gasteiger partial charge in [-0.2, -0.15) is 10.2 Å². The summed E-state index contributed by atoms with van der Waals surface area (Å²) in [6.45, 7) is 9.45. The van der Waals surface area contributed by atoms with Crippen LogP contribution in [0, 0.1) is 0 Å². The zero-order valence-electron chi connectivity index (χ0n) is 10.8. The molecule has 0 heterocycles. The summed E-state index contributed by atoms with van der Waals surface area (Å²) in [5.74, 6) is 0. The fourth-order valence-corrected chi connectivity index (χ4v) is 0.957. The van der Waals surface area contributed by atoms with Crippen molar-refractivity contribution in [2.24, 2.45) is 10.2 Å². The van der Waals surface area contributed by atoms with Gasteiger partial charge in [0.25, 0.3) is 0 Å². The third-order valence-electron chi connectivity index (χ3n) is 1.78. The normalized spacial score (nSPS) is 14.8. The molecule has 90 valence electrons. The molecule has 0 saturated carbocycles. The highest BCUT2D eigenvalue weighted by molar-refractivity contribution is 5.24. The number of rotatable bonds is 6. The van der Waals surface area contributed by atoms with Gasteiger partial charge in [-0.05, 0) is 39.0 Å². The Bertz CT molecular complexity index is 391. The molecule has 0 atom stereocenters. The van der Waals surface area contributed by atoms with Gasteiger partial charge in [-0.15, -0.1) is 0 Å². The first-order valence-electron chi connectivity index (χ1n) is 5.61. The van der Waals surface area contributed by atoms with Gasteiger partial charge in [0.05, 0.1) is 11.4 Å². The van der Waals surface area contributed by atoms with Crippen molar-refractivity contribution < 1.29 is 0 Å². The minimum Gasteiger partial charge on any atom is -0.151 e. The van der Waals surface area contributed by atoms with Crippen LogP contribution in [0.1, 0.15) is 20.8 Å². The average molecular weight is 228 g/mol. The van der Waals surface area contributed by atoms with Gasteiger partial charge >= 0.3 is 0 Å². The Labute approximate surface area is 104 Å². The summed E-state index contributed by atoms with van der Waals surface area (Å²) < 4.78 is 0. The molecular formula is C15H20N2. The highest BCUT2D eigenvalue weighted by Gasteiger charge is 1.88. The van der Waals surface area contributed by atoms with Crippen molar-refractivity contribution in [2.45, 2.75) is 20.8 Å². The second-order valence-corrected chi connectivity index (χ2v) is 3.13. The Morgan fingerprint density at radius 1 is 0.882 bits per heavy atom. The molecule has 0 amide bonds. The fraction of sp³-hybridized carbons (Fsp3) is 0.200. The molecule has 0 aromatic rings. The number of nitrogens with zero attached hydrogens (tertiary/aromatic N) is 2. The molecule has 0 N–H and O–H groups in total. The Hall–Kier alpha value is -1.96. The van der Waals surface area contributed by atoms with Gasteiger partial charge in [-0.25, -0.2) is 0 Å². The minimum atomic E-state index is 0.806. The Kier molecular flexibility index (Phi) is 9.34. The predicted octanol–water partition coefficient (Wildman–Crippen LogP) is 5.12. The van der Waals surface area contributed by atoms with Gasteiger partial charge in [-0.1, -0.05) is 43.0 Å². The minimum absolute atomic E-state index is 0.806. The van der Waals surface area contributed by atoms with Crippen molar-refractivity contribution in [1.82, 2.24) is 0 Å². The highest BCUT2D eigenvalue weighted by atomic mass is 15.1. The molecule has 17 heavy (non-hydrogen) atoms. The summed E-state index contributed by atoms with van der Waals surface area (Å²) in [6, 6.07) is 0. The quantitative estimate of drug-likeness (QED) is 0.445. The molecular weight excluding hydrogens is 208 g/mol. The van der Waals surface area contributed by atoms with Crippen LogP contribution in [0.4, 0.5) is 0 Å². The van der Waals surface area contributed by atoms with E-state index in [1.807, 2.05) is 69.4 Å². The lowest BCUT2D eigenvalue weighted by Gasteiger charge is -1.92. The van der Waals surface area contributed by atoms with Gasteiger partial charge in [0, 0.05) is 0 Å². The maximum absolute atomic E-state index is 4.17. The van der Waals surface area contributed by atoms with Crippen molar-refractivity contribution in [3.63, 3.8) is 0 Å². The number of allylic oxidation sites excluding steroid dienone is 9. The van der Waals surface area contributed by atoms with E-state index in [1.165, 1.54) is 0 Å². The van der Waals surface area contributed by atoms with Crippen LogP contribution < -0.4 is 0 Å². The molecule has 0 aromatic heterocycles. The van der Waals surface area contributed by atoms with E-state index < -0.39 is 0 Å². The van der Waals surface area contributed by atoms with E-state index in [9.17, 15) is 0 Å². The van der Waals surface area contributed by atoms with Crippen molar-refractivity contribution >= 4 is 0 Å². The number of hydrogen-bond donors (Lipinski definition) is 0. The van der Waals surface area contributed by atoms with E-state index in [0.717, 1.165) is 11.4 Å². The van der Waals surface area contributed by atoms with E-state index in [4.69, 9.17) is 0 Å². The van der Waals surface area contributed by atoms with Gasteiger partial charge in [0.15, 0.2) is 0 Å². The summed E-state index contributed by atoms with van der Waals surface area (Å²) in [6.07, 6.45) is 16.9. The van der Waals surface area contributed by atoms with E-state index in [1.54, 1.807) is 6.08 Å². The van der Waals surface area contributed by atoms with Crippen LogP contribution >= 0.6 is 0 Å². The third kappa shape index (κ3) is 7.91. The number of hydrogen-bond acceptors (Lipinski definition) is 2. The summed E-state index contributed by atoms with van der Waals surface area (Å²) in [5.41, 5.74) is 1.62. The summed E-state index contributed by atoms with van der Waals surface area (Å²) in [4.78, 5) is 0. The first kappa shape index (κ1) is 15.0. The molecule has 0 aliphatic carbocycles. The van der Waals surface area contributed by atoms with Crippen molar-refractivity contribution in [2.75, 3.05) is 0 Å². The lowest BCUT2D eigenvalue weighted by Crippen LogP contribution is -1.73. The maximum Gasteiger partial charge on any atom is 0.0853 e. The van der Waals surface area contributed by atoms with Gasteiger partial charge < -0.3 is 0 Å². The summed E-state index contributed by atoms with van der Waals surface area (Å²) in [7, 11) is 0. The fourth-order valence-electron chi connectivity index (χ4n) is 0.957. The number of azo groups is 1. The largest absolute Gasteiger partial charge is 0.151 e. The monoisotopic (exact) mass is 228 g/mol. The maximum atomic E-state index is 4.17. The van der Waals surface area contributed by atoms with Crippen molar-refractivity contribution in [3.05, 3.63) is 72.7 Å². The van der Waals surface area contributed by atoms with Gasteiger partial charge in [0.1, 0.15) is 0 Å². The molecule has 0 bridgehead atoms. The van der Waals surface area contributed by atoms with Gasteiger partial charge in [-0.3, -0.25) is 0 Å². The molecule has 0 spiro atoms. The standard InChI is InChI=1S/C15H20N2/c1-5-9-12-14(8-4)16-17-15(11-7-3)13-10-6-2/h5-13H,1H2,2-4H3/b10-6+,11-7-,12-9-,14-8+,15-13+,17-16-.